The van der Waals surface area contributed by atoms with Gasteiger partial charge in [0.05, 0.1) is 0 Å². The van der Waals surface area contributed by atoms with Gasteiger partial charge in [-0.15, -0.1) is 0 Å². The topological polar surface area (TPSA) is 76.7 Å². The van der Waals surface area contributed by atoms with E-state index in [1.165, 1.54) is 0 Å². The van der Waals surface area contributed by atoms with Gasteiger partial charge in [0.1, 0.15) is 0 Å². The van der Waals surface area contributed by atoms with Crippen LogP contribution in [0.3, 0.4) is 0 Å². The molecule has 0 aliphatic heterocycles. The van der Waals surface area contributed by atoms with Crippen molar-refractivity contribution in [3.05, 3.63) is 24.4 Å². The molecular weight excluding hydrogens is 230 g/mol. The summed E-state index contributed by atoms with van der Waals surface area (Å²) in [5.74, 6) is 1.51. The largest absolute Gasteiger partial charge is 0.339 e. The van der Waals surface area contributed by atoms with Gasteiger partial charge in [-0.2, -0.15) is 4.98 Å². The molecule has 0 bridgehead atoms. The van der Waals surface area contributed by atoms with E-state index in [1.54, 1.807) is 18.5 Å². The van der Waals surface area contributed by atoms with Crippen LogP contribution in [0, 0.1) is 0 Å². The van der Waals surface area contributed by atoms with E-state index < -0.39 is 0 Å². The van der Waals surface area contributed by atoms with E-state index >= 15 is 0 Å². The number of hydrogen-bond donors (Lipinski definition) is 1. The minimum absolute atomic E-state index is 0.0887. The Morgan fingerprint density at radius 3 is 2.56 bits per heavy atom. The Morgan fingerprint density at radius 2 is 1.89 bits per heavy atom. The average molecular weight is 247 g/mol. The highest BCUT2D eigenvalue weighted by Crippen LogP contribution is 2.09. The predicted molar refractivity (Wildman–Crippen MR) is 66.8 cm³/mol. The molecule has 2 aromatic heterocycles. The van der Waals surface area contributed by atoms with Gasteiger partial charge in [0, 0.05) is 30.9 Å². The lowest BCUT2D eigenvalue weighted by Gasteiger charge is -2.19. The Kier molecular flexibility index (Phi) is 3.66. The summed E-state index contributed by atoms with van der Waals surface area (Å²) < 4.78 is 5.15. The van der Waals surface area contributed by atoms with Crippen LogP contribution in [-0.2, 0) is 6.42 Å². The maximum Gasteiger partial charge on any atom is 0.240 e. The maximum absolute atomic E-state index is 5.15. The summed E-state index contributed by atoms with van der Waals surface area (Å²) in [6.07, 6.45) is 4.00. The van der Waals surface area contributed by atoms with Crippen LogP contribution in [0.15, 0.2) is 23.0 Å². The van der Waals surface area contributed by atoms with Crippen molar-refractivity contribution in [2.45, 2.75) is 32.7 Å². The van der Waals surface area contributed by atoms with Gasteiger partial charge in [-0.05, 0) is 26.8 Å². The summed E-state index contributed by atoms with van der Waals surface area (Å²) >= 11 is 0. The highest BCUT2D eigenvalue weighted by Gasteiger charge is 2.12. The summed E-state index contributed by atoms with van der Waals surface area (Å²) in [7, 11) is 0. The molecule has 0 unspecified atom stereocenters. The SMILES string of the molecule is CC(C)(C)NCCc1nc(-c2ncccn2)no1. The van der Waals surface area contributed by atoms with Gasteiger partial charge >= 0.3 is 0 Å². The molecule has 18 heavy (non-hydrogen) atoms. The van der Waals surface area contributed by atoms with Gasteiger partial charge < -0.3 is 9.84 Å². The molecule has 0 aromatic carbocycles. The molecule has 0 aliphatic carbocycles. The molecule has 0 spiro atoms. The van der Waals surface area contributed by atoms with E-state index in [9.17, 15) is 0 Å². The zero-order valence-electron chi connectivity index (χ0n) is 10.8. The molecule has 0 fully saturated rings. The Balaban J connectivity index is 1.95. The molecule has 2 heterocycles. The highest BCUT2D eigenvalue weighted by atomic mass is 16.5. The Bertz CT molecular complexity index is 489. The van der Waals surface area contributed by atoms with Crippen LogP contribution in [0.4, 0.5) is 0 Å². The second-order valence-electron chi connectivity index (χ2n) is 5.01. The fourth-order valence-electron chi connectivity index (χ4n) is 1.41. The predicted octanol–water partition coefficient (Wildman–Crippen LogP) is 1.46. The van der Waals surface area contributed by atoms with Gasteiger partial charge in [-0.1, -0.05) is 5.16 Å². The van der Waals surface area contributed by atoms with Crippen molar-refractivity contribution in [3.63, 3.8) is 0 Å². The van der Waals surface area contributed by atoms with Crippen molar-refractivity contribution in [1.82, 2.24) is 25.4 Å². The van der Waals surface area contributed by atoms with E-state index in [-0.39, 0.29) is 5.54 Å². The van der Waals surface area contributed by atoms with Gasteiger partial charge in [-0.25, -0.2) is 9.97 Å². The molecule has 2 rings (SSSR count). The Hall–Kier alpha value is -1.82. The van der Waals surface area contributed by atoms with Crippen LogP contribution in [0.1, 0.15) is 26.7 Å². The van der Waals surface area contributed by atoms with Crippen LogP contribution < -0.4 is 5.32 Å². The standard InChI is InChI=1S/C12H17N5O/c1-12(2,3)15-8-5-9-16-11(17-18-9)10-13-6-4-7-14-10/h4,6-7,15H,5,8H2,1-3H3. The van der Waals surface area contributed by atoms with Gasteiger partial charge in [0.25, 0.3) is 0 Å². The normalized spacial score (nSPS) is 11.7. The molecule has 1 N–H and O–H groups in total. The van der Waals surface area contributed by atoms with E-state index in [1.807, 2.05) is 0 Å². The molecule has 2 aromatic rings. The minimum Gasteiger partial charge on any atom is -0.339 e. The lowest BCUT2D eigenvalue weighted by Crippen LogP contribution is -2.37. The summed E-state index contributed by atoms with van der Waals surface area (Å²) in [4.78, 5) is 12.4. The third-order valence-electron chi connectivity index (χ3n) is 2.23. The van der Waals surface area contributed by atoms with Gasteiger partial charge in [0.2, 0.25) is 17.5 Å². The van der Waals surface area contributed by atoms with E-state index in [0.29, 0.717) is 24.0 Å². The van der Waals surface area contributed by atoms with Crippen molar-refractivity contribution in [1.29, 1.82) is 0 Å². The lowest BCUT2D eigenvalue weighted by molar-refractivity contribution is 0.362. The first kappa shape index (κ1) is 12.6. The summed E-state index contributed by atoms with van der Waals surface area (Å²) in [6, 6.07) is 1.75. The first-order valence-electron chi connectivity index (χ1n) is 5.89. The number of hydrogen-bond acceptors (Lipinski definition) is 6. The maximum atomic E-state index is 5.15. The molecule has 0 aliphatic rings. The molecule has 96 valence electrons. The molecule has 0 saturated heterocycles. The highest BCUT2D eigenvalue weighted by molar-refractivity contribution is 5.40. The molecular formula is C12H17N5O. The van der Waals surface area contributed by atoms with Crippen molar-refractivity contribution >= 4 is 0 Å². The number of rotatable bonds is 4. The fraction of sp³-hybridized carbons (Fsp3) is 0.500. The average Bonchev–Trinajstić information content (AvgIpc) is 2.77. The smallest absolute Gasteiger partial charge is 0.240 e. The van der Waals surface area contributed by atoms with Crippen LogP contribution in [0.2, 0.25) is 0 Å². The Labute approximate surface area is 106 Å². The molecule has 0 radical (unpaired) electrons. The third-order valence-corrected chi connectivity index (χ3v) is 2.23. The first-order valence-corrected chi connectivity index (χ1v) is 5.89. The second-order valence-corrected chi connectivity index (χ2v) is 5.01. The van der Waals surface area contributed by atoms with Crippen molar-refractivity contribution in [3.8, 4) is 11.6 Å². The van der Waals surface area contributed by atoms with E-state index in [4.69, 9.17) is 4.52 Å². The minimum atomic E-state index is 0.0887. The number of nitrogens with zero attached hydrogens (tertiary/aromatic N) is 4. The molecule has 6 heteroatoms. The molecule has 0 amide bonds. The van der Waals surface area contributed by atoms with Crippen LogP contribution in [0.25, 0.3) is 11.6 Å². The molecule has 0 saturated carbocycles. The van der Waals surface area contributed by atoms with Crippen LogP contribution >= 0.6 is 0 Å². The van der Waals surface area contributed by atoms with E-state index in [0.717, 1.165) is 6.54 Å². The number of aromatic nitrogens is 4. The summed E-state index contributed by atoms with van der Waals surface area (Å²) in [6.45, 7) is 7.14. The first-order chi connectivity index (χ1) is 8.54. The third kappa shape index (κ3) is 3.59. The van der Waals surface area contributed by atoms with Crippen LogP contribution in [-0.4, -0.2) is 32.2 Å². The van der Waals surface area contributed by atoms with E-state index in [2.05, 4.69) is 46.2 Å². The monoisotopic (exact) mass is 247 g/mol. The summed E-state index contributed by atoms with van der Waals surface area (Å²) in [5.41, 5.74) is 0.0887. The van der Waals surface area contributed by atoms with Crippen molar-refractivity contribution in [2.75, 3.05) is 6.54 Å². The number of nitrogens with one attached hydrogen (secondary N) is 1. The Morgan fingerprint density at radius 1 is 1.17 bits per heavy atom. The molecule has 6 nitrogen and oxygen atoms in total. The van der Waals surface area contributed by atoms with Crippen molar-refractivity contribution in [2.24, 2.45) is 0 Å². The van der Waals surface area contributed by atoms with Gasteiger partial charge in [0.15, 0.2) is 0 Å². The zero-order chi connectivity index (χ0) is 13.0. The molecule has 0 atom stereocenters. The zero-order valence-corrected chi connectivity index (χ0v) is 10.8. The fourth-order valence-corrected chi connectivity index (χ4v) is 1.41. The van der Waals surface area contributed by atoms with Gasteiger partial charge in [-0.3, -0.25) is 0 Å². The summed E-state index contributed by atoms with van der Waals surface area (Å²) in [5, 5.41) is 7.22. The lowest BCUT2D eigenvalue weighted by atomic mass is 10.1. The van der Waals surface area contributed by atoms with Crippen molar-refractivity contribution < 1.29 is 4.52 Å². The second kappa shape index (κ2) is 5.22. The van der Waals surface area contributed by atoms with Crippen LogP contribution in [0.5, 0.6) is 0 Å². The quantitative estimate of drug-likeness (QED) is 0.881.